The molecule has 6 aromatic carbocycles. The predicted molar refractivity (Wildman–Crippen MR) is 413 cm³/mol. The van der Waals surface area contributed by atoms with Crippen LogP contribution in [0.3, 0.4) is 0 Å². The Morgan fingerprint density at radius 1 is 0.539 bits per heavy atom. The summed E-state index contributed by atoms with van der Waals surface area (Å²) in [6.07, 6.45) is 7.29. The smallest absolute Gasteiger partial charge is 0.258 e. The van der Waals surface area contributed by atoms with E-state index in [0.29, 0.717) is 157 Å². The van der Waals surface area contributed by atoms with Crippen molar-refractivity contribution in [3.63, 3.8) is 0 Å². The molecule has 28 heteroatoms. The number of hydrogen-bond acceptors (Lipinski definition) is 13. The molecule has 3 aliphatic rings. The van der Waals surface area contributed by atoms with Gasteiger partial charge in [0.25, 0.3) is 17.7 Å². The zero-order valence-electron chi connectivity index (χ0n) is 58.4. The van der Waals surface area contributed by atoms with E-state index in [-0.39, 0.29) is 28.5 Å². The quantitative estimate of drug-likeness (QED) is 0.0382. The normalized spacial score (nSPS) is 15.2. The van der Waals surface area contributed by atoms with E-state index in [2.05, 4.69) is 24.8 Å². The van der Waals surface area contributed by atoms with E-state index in [1.807, 2.05) is 91.3 Å². The molecule has 0 unspecified atom stereocenters. The molecule has 7 aromatic rings. The van der Waals surface area contributed by atoms with Crippen molar-refractivity contribution in [2.24, 2.45) is 0 Å². The van der Waals surface area contributed by atoms with Gasteiger partial charge < -0.3 is 38.8 Å². The molecule has 0 bridgehead atoms. The first-order chi connectivity index (χ1) is 48.2. The molecule has 21 nitrogen and oxygen atoms in total. The lowest BCUT2D eigenvalue weighted by atomic mass is 10.0. The maximum Gasteiger partial charge on any atom is 0.258 e. The summed E-state index contributed by atoms with van der Waals surface area (Å²) in [6.45, 7) is 45.7. The van der Waals surface area contributed by atoms with E-state index in [1.54, 1.807) is 132 Å². The Morgan fingerprint density at radius 3 is 1.16 bits per heavy atom. The second-order valence-corrected chi connectivity index (χ2v) is 30.4. The Labute approximate surface area is 627 Å². The third-order valence-electron chi connectivity index (χ3n) is 17.5. The molecule has 102 heavy (non-hydrogen) atoms. The van der Waals surface area contributed by atoms with E-state index in [0.717, 1.165) is 11.4 Å². The molecule has 3 saturated heterocycles. The van der Waals surface area contributed by atoms with Crippen LogP contribution >= 0.6 is 71.5 Å². The monoisotopic (exact) mass is 1510 g/mol. The maximum absolute atomic E-state index is 13.3. The molecule has 0 radical (unpaired) electrons. The van der Waals surface area contributed by atoms with Crippen molar-refractivity contribution in [2.45, 2.75) is 129 Å². The van der Waals surface area contributed by atoms with Crippen LogP contribution in [0.25, 0.3) is 20.2 Å². The van der Waals surface area contributed by atoms with E-state index >= 15 is 0 Å². The summed E-state index contributed by atoms with van der Waals surface area (Å²) in [7, 11) is -3.33. The number of sulfone groups is 1. The number of anilines is 4. The molecular weight excluding hydrogens is 1440 g/mol. The third kappa shape index (κ3) is 16.6. The number of hydrogen-bond donors (Lipinski definition) is 1. The lowest BCUT2D eigenvalue weighted by molar-refractivity contribution is -0.124. The number of imidazole rings is 1. The fraction of sp³-hybridized carbons (Fsp3) is 0.338. The second kappa shape index (κ2) is 32.8. The summed E-state index contributed by atoms with van der Waals surface area (Å²) in [6, 6.07) is 31.3. The van der Waals surface area contributed by atoms with Gasteiger partial charge in [-0.15, -0.1) is 0 Å². The minimum absolute atomic E-state index is 0.122. The molecule has 0 aliphatic carbocycles. The van der Waals surface area contributed by atoms with Crippen LogP contribution in [0.4, 0.5) is 39.8 Å². The van der Waals surface area contributed by atoms with Gasteiger partial charge in [-0.2, -0.15) is 0 Å². The van der Waals surface area contributed by atoms with E-state index in [4.69, 9.17) is 105 Å². The van der Waals surface area contributed by atoms with Crippen molar-refractivity contribution in [3.8, 4) is 22.9 Å². The number of carbonyl (C=O) groups excluding carboxylic acids is 4. The molecular formula is C74H77Cl3N12O9S4. The van der Waals surface area contributed by atoms with Crippen molar-refractivity contribution in [2.75, 3.05) is 59.5 Å². The SMILES string of the molecule is [C-]#[N+]c1ccc(N2C(=O)C(C)(C)N(CCCOc3ccc(-n4ccnc4)cc3)C2=S)c(C)c1Cl.[C-]#[N+]c1ccc(N2C(=O)C(C)(C)N(CCCOc3ccc(NC(C)=O)cc3)C2=S)c(C)c1Cl.[C-]#[N+]c1ccc(N2C(=O)C(C)(C)N(CCCOc3ccc(S(=O)(=O)C(C)C)cc3)C2=S)c(C)c1Cl. The number of amides is 4. The van der Waals surface area contributed by atoms with Crippen LogP contribution in [-0.4, -0.2) is 133 Å². The number of nitrogens with zero attached hydrogens (tertiary/aromatic N) is 11. The second-order valence-electron chi connectivity index (χ2n) is 25.7. The number of carbonyl (C=O) groups is 4. The Hall–Kier alpha value is -9.23. The van der Waals surface area contributed by atoms with Crippen LogP contribution in [0.2, 0.25) is 15.1 Å². The van der Waals surface area contributed by atoms with Crippen LogP contribution in [0, 0.1) is 40.5 Å². The minimum atomic E-state index is -3.33. The number of nitrogens with one attached hydrogen (secondary N) is 1. The summed E-state index contributed by atoms with van der Waals surface area (Å²) < 4.78 is 43.9. The summed E-state index contributed by atoms with van der Waals surface area (Å²) in [5.74, 6) is 1.47. The Balaban J connectivity index is 0.000000194. The minimum Gasteiger partial charge on any atom is -0.494 e. The standard InChI is InChI=1S/C25H24ClN5O2S.C25H28ClN3O4S2.C24H25ClN4O3S/c1-17-21(11-10-20(27-4)22(17)26)31-23(32)25(2,3)30(24(31)34)13-5-15-33-19-8-6-18(7-9-19)29-14-12-28-16-29;1-16(2)35(31,32)19-10-8-18(9-11-19)33-15-7-14-28-24(34)29(23(30)25(28,4)5)21-13-12-20(27-6)22(26)17(21)3;1-15-20(12-11-19(26-5)21(15)25)29-22(31)24(3,4)28(23(29)33)13-6-14-32-18-9-7-17(8-10-18)27-16(2)30/h6-12,14,16H,5,13,15H2,1-3H3;8-13,16H,7,14-15H2,1-5H3;7-12H,6,13-14H2,1-4H3,(H,27,30). The summed E-state index contributed by atoms with van der Waals surface area (Å²) in [4.78, 5) is 75.7. The van der Waals surface area contributed by atoms with Crippen LogP contribution in [0.5, 0.6) is 17.2 Å². The van der Waals surface area contributed by atoms with Gasteiger partial charge in [-0.3, -0.25) is 33.9 Å². The average Bonchev–Trinajstić information content (AvgIpc) is 1.61. The van der Waals surface area contributed by atoms with Crippen molar-refractivity contribution >= 4 is 160 Å². The number of aromatic nitrogens is 2. The van der Waals surface area contributed by atoms with Gasteiger partial charge >= 0.3 is 0 Å². The van der Waals surface area contributed by atoms with Gasteiger partial charge in [0.15, 0.2) is 25.2 Å². The largest absolute Gasteiger partial charge is 0.494 e. The Morgan fingerprint density at radius 2 is 0.863 bits per heavy atom. The molecule has 0 spiro atoms. The number of ether oxygens (including phenoxy) is 3. The number of rotatable bonds is 22. The molecule has 532 valence electrons. The van der Waals surface area contributed by atoms with Gasteiger partial charge in [-0.1, -0.05) is 53.0 Å². The summed E-state index contributed by atoms with van der Waals surface area (Å²) >= 11 is 36.1. The van der Waals surface area contributed by atoms with Crippen LogP contribution in [-0.2, 0) is 29.0 Å². The topological polar surface area (TPSA) is 192 Å². The van der Waals surface area contributed by atoms with Gasteiger partial charge in [0.2, 0.25) is 23.0 Å². The van der Waals surface area contributed by atoms with Gasteiger partial charge in [0, 0.05) is 50.3 Å². The number of thiocarbonyl (C=S) groups is 3. The molecule has 3 aliphatic heterocycles. The van der Waals surface area contributed by atoms with Crippen molar-refractivity contribution in [1.29, 1.82) is 0 Å². The molecule has 10 rings (SSSR count). The van der Waals surface area contributed by atoms with Gasteiger partial charge in [0.1, 0.15) is 33.9 Å². The van der Waals surface area contributed by atoms with E-state index in [1.165, 1.54) is 21.6 Å². The molecule has 3 fully saturated rings. The van der Waals surface area contributed by atoms with Gasteiger partial charge in [-0.05, 0) is 240 Å². The first kappa shape index (κ1) is 78.5. The van der Waals surface area contributed by atoms with Gasteiger partial charge in [-0.25, -0.2) is 27.9 Å². The molecule has 0 saturated carbocycles. The third-order valence-corrected chi connectivity index (χ3v) is 22.3. The first-order valence-electron chi connectivity index (χ1n) is 32.3. The highest BCUT2D eigenvalue weighted by molar-refractivity contribution is 7.92. The molecule has 1 aromatic heterocycles. The molecule has 4 amide bonds. The number of benzene rings is 6. The zero-order valence-corrected chi connectivity index (χ0v) is 64.0. The molecule has 0 atom stereocenters. The highest BCUT2D eigenvalue weighted by Gasteiger charge is 2.52. The zero-order chi connectivity index (χ0) is 74.9. The maximum atomic E-state index is 13.3. The molecule has 4 heterocycles. The predicted octanol–water partition coefficient (Wildman–Crippen LogP) is 16.5. The highest BCUT2D eigenvalue weighted by Crippen LogP contribution is 2.43. The summed E-state index contributed by atoms with van der Waals surface area (Å²) in [5.41, 5.74) is 3.94. The van der Waals surface area contributed by atoms with Gasteiger partial charge in [0.05, 0.1) is 88.1 Å². The lowest BCUT2D eigenvalue weighted by Gasteiger charge is -2.29. The fourth-order valence-electron chi connectivity index (χ4n) is 11.4. The van der Waals surface area contributed by atoms with E-state index < -0.39 is 31.7 Å². The first-order valence-corrected chi connectivity index (χ1v) is 36.2. The summed E-state index contributed by atoms with van der Waals surface area (Å²) in [5, 5.41) is 4.40. The molecule has 1 N–H and O–H groups in total. The number of halogens is 3. The van der Waals surface area contributed by atoms with E-state index in [9.17, 15) is 27.6 Å². The van der Waals surface area contributed by atoms with Crippen LogP contribution in [0.1, 0.15) is 98.3 Å². The lowest BCUT2D eigenvalue weighted by Crippen LogP contribution is -2.44. The van der Waals surface area contributed by atoms with Crippen molar-refractivity contribution < 1.29 is 41.8 Å². The Kier molecular flexibility index (Phi) is 25.3. The Bertz CT molecular complexity index is 4630. The van der Waals surface area contributed by atoms with Crippen LogP contribution < -0.4 is 34.2 Å². The van der Waals surface area contributed by atoms with Crippen LogP contribution in [0.15, 0.2) is 133 Å². The average molecular weight is 1510 g/mol. The fourth-order valence-corrected chi connectivity index (χ4v) is 14.6. The van der Waals surface area contributed by atoms with Crippen molar-refractivity contribution in [3.05, 3.63) is 194 Å². The van der Waals surface area contributed by atoms with Crippen molar-refractivity contribution in [1.82, 2.24) is 24.3 Å². The highest BCUT2D eigenvalue weighted by atomic mass is 35.5.